The zero-order chi connectivity index (χ0) is 6.69. The highest BCUT2D eigenvalue weighted by atomic mass is 16.5. The normalized spacial score (nSPS) is 26.9. The Hall–Kier alpha value is -0.500. The lowest BCUT2D eigenvalue weighted by Gasteiger charge is -2.29. The fourth-order valence-corrected chi connectivity index (χ4v) is 0.953. The molecular formula is C7H13NO. The predicted octanol–water partition coefficient (Wildman–Crippen LogP) is 1.20. The molecule has 52 valence electrons. The highest BCUT2D eigenvalue weighted by molar-refractivity contribution is 4.86. The van der Waals surface area contributed by atoms with Gasteiger partial charge in [0.2, 0.25) is 0 Å². The van der Waals surface area contributed by atoms with E-state index >= 15 is 0 Å². The molecule has 1 aliphatic heterocycles. The molecular weight excluding hydrogens is 114 g/mol. The first-order chi connectivity index (χ1) is 4.34. The third-order valence-corrected chi connectivity index (χ3v) is 1.56. The van der Waals surface area contributed by atoms with E-state index in [-0.39, 0.29) is 6.23 Å². The molecule has 1 aliphatic rings. The van der Waals surface area contributed by atoms with Crippen LogP contribution in [0.2, 0.25) is 0 Å². The third-order valence-electron chi connectivity index (χ3n) is 1.56. The topological polar surface area (TPSA) is 12.5 Å². The van der Waals surface area contributed by atoms with Crippen LogP contribution in [0.15, 0.2) is 12.3 Å². The summed E-state index contributed by atoms with van der Waals surface area (Å²) in [4.78, 5) is 2.16. The molecule has 1 atom stereocenters. The van der Waals surface area contributed by atoms with Gasteiger partial charge in [0.05, 0.1) is 6.61 Å². The Bertz CT molecular complexity index is 111. The molecule has 2 heteroatoms. The van der Waals surface area contributed by atoms with Crippen molar-refractivity contribution in [2.75, 3.05) is 13.2 Å². The number of ether oxygens (including phenoxy) is 1. The molecule has 0 bridgehead atoms. The van der Waals surface area contributed by atoms with Crippen molar-refractivity contribution in [3.8, 4) is 0 Å². The molecule has 0 N–H and O–H groups in total. The summed E-state index contributed by atoms with van der Waals surface area (Å²) in [5.41, 5.74) is 0. The Kier molecular flexibility index (Phi) is 2.11. The Labute approximate surface area is 56.1 Å². The molecule has 9 heavy (non-hydrogen) atoms. The number of hydrogen-bond donors (Lipinski definition) is 0. The van der Waals surface area contributed by atoms with Gasteiger partial charge in [0.25, 0.3) is 0 Å². The van der Waals surface area contributed by atoms with Gasteiger partial charge in [-0.15, -0.1) is 0 Å². The van der Waals surface area contributed by atoms with Gasteiger partial charge in [0.15, 0.2) is 0 Å². The minimum absolute atomic E-state index is 0.264. The van der Waals surface area contributed by atoms with Gasteiger partial charge in [-0.25, -0.2) is 0 Å². The fraction of sp³-hybridized carbons (Fsp3) is 0.714. The average molecular weight is 127 g/mol. The quantitative estimate of drug-likeness (QED) is 0.524. The van der Waals surface area contributed by atoms with Crippen LogP contribution in [0.3, 0.4) is 0 Å². The number of rotatable bonds is 1. The fourth-order valence-electron chi connectivity index (χ4n) is 0.953. The molecule has 0 saturated heterocycles. The summed E-state index contributed by atoms with van der Waals surface area (Å²) in [6.07, 6.45) is 4.39. The van der Waals surface area contributed by atoms with Crippen molar-refractivity contribution in [3.05, 3.63) is 12.3 Å². The molecule has 0 aromatic rings. The SMILES string of the molecule is CCN1C=CCOC1C. The van der Waals surface area contributed by atoms with Crippen molar-refractivity contribution >= 4 is 0 Å². The Morgan fingerprint density at radius 3 is 3.00 bits per heavy atom. The van der Waals surface area contributed by atoms with Gasteiger partial charge in [0, 0.05) is 6.54 Å². The van der Waals surface area contributed by atoms with Gasteiger partial charge < -0.3 is 9.64 Å². The summed E-state index contributed by atoms with van der Waals surface area (Å²) in [6.45, 7) is 5.97. The minimum Gasteiger partial charge on any atom is -0.355 e. The first kappa shape index (κ1) is 6.62. The summed E-state index contributed by atoms with van der Waals surface area (Å²) in [5.74, 6) is 0. The zero-order valence-electron chi connectivity index (χ0n) is 6.00. The average Bonchev–Trinajstić information content (AvgIpc) is 1.89. The lowest BCUT2D eigenvalue weighted by Crippen LogP contribution is -2.33. The lowest BCUT2D eigenvalue weighted by atomic mass is 10.4. The van der Waals surface area contributed by atoms with Crippen LogP contribution in [-0.4, -0.2) is 24.3 Å². The van der Waals surface area contributed by atoms with Crippen molar-refractivity contribution < 1.29 is 4.74 Å². The molecule has 0 fully saturated rings. The van der Waals surface area contributed by atoms with Crippen LogP contribution in [0.1, 0.15) is 13.8 Å². The van der Waals surface area contributed by atoms with Crippen LogP contribution in [0, 0.1) is 0 Å². The van der Waals surface area contributed by atoms with Crippen LogP contribution in [-0.2, 0) is 4.74 Å². The van der Waals surface area contributed by atoms with E-state index in [1.807, 2.05) is 6.08 Å². The van der Waals surface area contributed by atoms with Crippen LogP contribution in [0.4, 0.5) is 0 Å². The smallest absolute Gasteiger partial charge is 0.127 e. The molecule has 0 spiro atoms. The summed E-state index contributed by atoms with van der Waals surface area (Å²) in [6, 6.07) is 0. The maximum absolute atomic E-state index is 5.32. The van der Waals surface area contributed by atoms with E-state index in [0.717, 1.165) is 13.2 Å². The maximum Gasteiger partial charge on any atom is 0.127 e. The van der Waals surface area contributed by atoms with Gasteiger partial charge >= 0.3 is 0 Å². The maximum atomic E-state index is 5.32. The predicted molar refractivity (Wildman–Crippen MR) is 36.9 cm³/mol. The molecule has 0 aromatic carbocycles. The van der Waals surface area contributed by atoms with E-state index in [0.29, 0.717) is 0 Å². The monoisotopic (exact) mass is 127 g/mol. The lowest BCUT2D eigenvalue weighted by molar-refractivity contribution is -0.0206. The van der Waals surface area contributed by atoms with Crippen LogP contribution >= 0.6 is 0 Å². The van der Waals surface area contributed by atoms with E-state index in [1.54, 1.807) is 0 Å². The van der Waals surface area contributed by atoms with Gasteiger partial charge in [-0.2, -0.15) is 0 Å². The van der Waals surface area contributed by atoms with Gasteiger partial charge in [-0.3, -0.25) is 0 Å². The molecule has 1 rings (SSSR count). The molecule has 0 saturated carbocycles. The Balaban J connectivity index is 2.46. The van der Waals surface area contributed by atoms with Gasteiger partial charge in [-0.1, -0.05) is 0 Å². The number of hydrogen-bond acceptors (Lipinski definition) is 2. The van der Waals surface area contributed by atoms with E-state index in [1.165, 1.54) is 0 Å². The molecule has 0 aliphatic carbocycles. The van der Waals surface area contributed by atoms with E-state index in [2.05, 4.69) is 24.9 Å². The molecule has 1 heterocycles. The van der Waals surface area contributed by atoms with Crippen LogP contribution in [0.25, 0.3) is 0 Å². The van der Waals surface area contributed by atoms with Crippen molar-refractivity contribution in [2.45, 2.75) is 20.1 Å². The summed E-state index contributed by atoms with van der Waals surface area (Å²) >= 11 is 0. The molecule has 0 amide bonds. The number of nitrogens with zero attached hydrogens (tertiary/aromatic N) is 1. The molecule has 1 unspecified atom stereocenters. The second kappa shape index (κ2) is 2.87. The minimum atomic E-state index is 0.264. The summed E-state index contributed by atoms with van der Waals surface area (Å²) < 4.78 is 5.32. The van der Waals surface area contributed by atoms with Crippen molar-refractivity contribution in [2.24, 2.45) is 0 Å². The van der Waals surface area contributed by atoms with E-state index < -0.39 is 0 Å². The molecule has 0 aromatic heterocycles. The Morgan fingerprint density at radius 1 is 1.78 bits per heavy atom. The third kappa shape index (κ3) is 1.45. The second-order valence-electron chi connectivity index (χ2n) is 2.15. The van der Waals surface area contributed by atoms with Crippen LogP contribution < -0.4 is 0 Å². The highest BCUT2D eigenvalue weighted by Gasteiger charge is 2.09. The van der Waals surface area contributed by atoms with Gasteiger partial charge in [0.1, 0.15) is 6.23 Å². The van der Waals surface area contributed by atoms with Crippen molar-refractivity contribution in [1.29, 1.82) is 0 Å². The zero-order valence-corrected chi connectivity index (χ0v) is 6.00. The van der Waals surface area contributed by atoms with Gasteiger partial charge in [-0.05, 0) is 26.1 Å². The molecule has 2 nitrogen and oxygen atoms in total. The first-order valence-electron chi connectivity index (χ1n) is 3.38. The highest BCUT2D eigenvalue weighted by Crippen LogP contribution is 2.05. The largest absolute Gasteiger partial charge is 0.355 e. The first-order valence-corrected chi connectivity index (χ1v) is 3.38. The Morgan fingerprint density at radius 2 is 2.56 bits per heavy atom. The van der Waals surface area contributed by atoms with Crippen molar-refractivity contribution in [1.82, 2.24) is 4.90 Å². The summed E-state index contributed by atoms with van der Waals surface area (Å²) in [5, 5.41) is 0. The summed E-state index contributed by atoms with van der Waals surface area (Å²) in [7, 11) is 0. The second-order valence-corrected chi connectivity index (χ2v) is 2.15. The molecule has 0 radical (unpaired) electrons. The van der Waals surface area contributed by atoms with E-state index in [9.17, 15) is 0 Å². The van der Waals surface area contributed by atoms with E-state index in [4.69, 9.17) is 4.74 Å². The van der Waals surface area contributed by atoms with Crippen molar-refractivity contribution in [3.63, 3.8) is 0 Å². The van der Waals surface area contributed by atoms with Crippen LogP contribution in [0.5, 0.6) is 0 Å². The standard InChI is InChI=1S/C7H13NO/c1-3-8-5-4-6-9-7(8)2/h4-5,7H,3,6H2,1-2H3.